The third-order valence-corrected chi connectivity index (χ3v) is 2.96. The van der Waals surface area contributed by atoms with Crippen molar-refractivity contribution in [2.45, 2.75) is 38.7 Å². The lowest BCUT2D eigenvalue weighted by atomic mass is 9.95. The molecular formula is C11H15ClN2O. The lowest BCUT2D eigenvalue weighted by Gasteiger charge is -2.32. The number of nitrogens with zero attached hydrogens (tertiary/aromatic N) is 2. The molecule has 1 aliphatic rings. The van der Waals surface area contributed by atoms with Crippen LogP contribution in [0.2, 0.25) is 5.15 Å². The number of aryl methyl sites for hydroxylation is 1. The quantitative estimate of drug-likeness (QED) is 0.691. The summed E-state index contributed by atoms with van der Waals surface area (Å²) in [6.07, 6.45) is 3.24. The van der Waals surface area contributed by atoms with Crippen molar-refractivity contribution in [3.8, 4) is 0 Å². The van der Waals surface area contributed by atoms with E-state index in [0.717, 1.165) is 31.6 Å². The lowest BCUT2D eigenvalue weighted by Crippen LogP contribution is -2.32. The summed E-state index contributed by atoms with van der Waals surface area (Å²) in [4.78, 5) is 8.67. The fourth-order valence-electron chi connectivity index (χ4n) is 1.88. The Hall–Kier alpha value is -0.670. The number of ether oxygens (including phenoxy) is 1. The molecule has 1 aliphatic heterocycles. The van der Waals surface area contributed by atoms with Crippen molar-refractivity contribution in [2.24, 2.45) is 0 Å². The molecule has 1 fully saturated rings. The third kappa shape index (κ3) is 2.29. The summed E-state index contributed by atoms with van der Waals surface area (Å²) in [5.41, 5.74) is 0.536. The van der Waals surface area contributed by atoms with E-state index in [-0.39, 0.29) is 5.60 Å². The van der Waals surface area contributed by atoms with Crippen LogP contribution < -0.4 is 0 Å². The number of aromatic nitrogens is 2. The maximum absolute atomic E-state index is 5.92. The molecule has 0 bridgehead atoms. The fourth-order valence-corrected chi connectivity index (χ4v) is 2.11. The smallest absolute Gasteiger partial charge is 0.161 e. The van der Waals surface area contributed by atoms with E-state index in [4.69, 9.17) is 16.3 Å². The fraction of sp³-hybridized carbons (Fsp3) is 0.636. The summed E-state index contributed by atoms with van der Waals surface area (Å²) in [5, 5.41) is 0.493. The van der Waals surface area contributed by atoms with Crippen molar-refractivity contribution < 1.29 is 4.74 Å². The van der Waals surface area contributed by atoms with Crippen LogP contribution in [0.3, 0.4) is 0 Å². The van der Waals surface area contributed by atoms with Gasteiger partial charge in [0.25, 0.3) is 0 Å². The summed E-state index contributed by atoms with van der Waals surface area (Å²) in [5.74, 6) is 0.715. The minimum absolute atomic E-state index is 0.353. The Morgan fingerprint density at radius 1 is 1.40 bits per heavy atom. The topological polar surface area (TPSA) is 35.0 Å². The summed E-state index contributed by atoms with van der Waals surface area (Å²) in [6.45, 7) is 4.74. The molecule has 0 aromatic carbocycles. The second-order valence-corrected chi connectivity index (χ2v) is 4.58. The molecular weight excluding hydrogens is 212 g/mol. The highest BCUT2D eigenvalue weighted by atomic mass is 35.5. The van der Waals surface area contributed by atoms with Gasteiger partial charge in [-0.25, -0.2) is 9.97 Å². The Morgan fingerprint density at radius 3 is 2.80 bits per heavy atom. The van der Waals surface area contributed by atoms with Crippen LogP contribution in [0.4, 0.5) is 0 Å². The molecule has 0 N–H and O–H groups in total. The second-order valence-electron chi connectivity index (χ2n) is 4.19. The van der Waals surface area contributed by atoms with Crippen LogP contribution in [-0.2, 0) is 10.3 Å². The minimum Gasteiger partial charge on any atom is -0.367 e. The Kier molecular flexibility index (Phi) is 2.94. The van der Waals surface area contributed by atoms with Gasteiger partial charge in [-0.2, -0.15) is 0 Å². The molecule has 4 heteroatoms. The van der Waals surface area contributed by atoms with Crippen molar-refractivity contribution in [2.75, 3.05) is 6.61 Å². The van der Waals surface area contributed by atoms with Gasteiger partial charge in [-0.05, 0) is 39.2 Å². The molecule has 0 saturated carbocycles. The first kappa shape index (κ1) is 10.8. The maximum atomic E-state index is 5.92. The van der Waals surface area contributed by atoms with E-state index < -0.39 is 0 Å². The van der Waals surface area contributed by atoms with Crippen molar-refractivity contribution in [3.63, 3.8) is 0 Å². The van der Waals surface area contributed by atoms with Gasteiger partial charge in [-0.1, -0.05) is 11.6 Å². The van der Waals surface area contributed by atoms with E-state index in [1.54, 1.807) is 6.07 Å². The predicted octanol–water partition coefficient (Wildman–Crippen LogP) is 2.85. The molecule has 2 rings (SSSR count). The summed E-state index contributed by atoms with van der Waals surface area (Å²) < 4.78 is 5.78. The molecule has 1 saturated heterocycles. The molecule has 15 heavy (non-hydrogen) atoms. The molecule has 2 heterocycles. The van der Waals surface area contributed by atoms with Crippen molar-refractivity contribution in [1.82, 2.24) is 9.97 Å². The van der Waals surface area contributed by atoms with Crippen LogP contribution in [0.25, 0.3) is 0 Å². The van der Waals surface area contributed by atoms with Crippen LogP contribution >= 0.6 is 11.6 Å². The number of halogens is 1. The van der Waals surface area contributed by atoms with Crippen LogP contribution in [-0.4, -0.2) is 16.6 Å². The highest BCUT2D eigenvalue weighted by Gasteiger charge is 2.33. The zero-order valence-electron chi connectivity index (χ0n) is 9.09. The van der Waals surface area contributed by atoms with Gasteiger partial charge in [0.2, 0.25) is 0 Å². The van der Waals surface area contributed by atoms with Gasteiger partial charge in [-0.15, -0.1) is 0 Å². The molecule has 0 amide bonds. The normalized spacial score (nSPS) is 26.6. The minimum atomic E-state index is -0.353. The molecule has 0 aliphatic carbocycles. The van der Waals surface area contributed by atoms with E-state index in [0.29, 0.717) is 11.0 Å². The van der Waals surface area contributed by atoms with Gasteiger partial charge in [0.1, 0.15) is 10.8 Å². The van der Waals surface area contributed by atoms with Gasteiger partial charge in [-0.3, -0.25) is 0 Å². The number of hydrogen-bond acceptors (Lipinski definition) is 3. The van der Waals surface area contributed by atoms with E-state index in [1.165, 1.54) is 0 Å². The van der Waals surface area contributed by atoms with Gasteiger partial charge < -0.3 is 4.74 Å². The van der Waals surface area contributed by atoms with E-state index in [2.05, 4.69) is 9.97 Å². The van der Waals surface area contributed by atoms with Gasteiger partial charge in [0.15, 0.2) is 5.82 Å². The van der Waals surface area contributed by atoms with Gasteiger partial charge in [0.05, 0.1) is 0 Å². The highest BCUT2D eigenvalue weighted by molar-refractivity contribution is 6.29. The summed E-state index contributed by atoms with van der Waals surface area (Å²) in [6, 6.07) is 1.76. The zero-order chi connectivity index (χ0) is 10.9. The Balaban J connectivity index is 2.34. The molecule has 1 aromatic rings. The molecule has 82 valence electrons. The second kappa shape index (κ2) is 4.06. The van der Waals surface area contributed by atoms with Gasteiger partial charge in [0, 0.05) is 12.3 Å². The Bertz CT molecular complexity index is 341. The molecule has 0 spiro atoms. The molecule has 1 atom stereocenters. The van der Waals surface area contributed by atoms with Crippen molar-refractivity contribution in [1.29, 1.82) is 0 Å². The first-order valence-corrected chi connectivity index (χ1v) is 5.64. The first-order chi connectivity index (χ1) is 7.10. The van der Waals surface area contributed by atoms with Crippen LogP contribution in [0.1, 0.15) is 37.7 Å². The maximum Gasteiger partial charge on any atom is 0.161 e. The monoisotopic (exact) mass is 226 g/mol. The molecule has 0 radical (unpaired) electrons. The average Bonchev–Trinajstić information content (AvgIpc) is 2.17. The van der Waals surface area contributed by atoms with Crippen LogP contribution in [0, 0.1) is 6.92 Å². The summed E-state index contributed by atoms with van der Waals surface area (Å²) >= 11 is 5.92. The standard InChI is InChI=1S/C11H15ClN2O/c1-8-7-9(12)14-10(13-8)11(2)5-3-4-6-15-11/h7H,3-6H2,1-2H3. The molecule has 1 unspecified atom stereocenters. The van der Waals surface area contributed by atoms with E-state index >= 15 is 0 Å². The SMILES string of the molecule is Cc1cc(Cl)nc(C2(C)CCCCO2)n1. The van der Waals surface area contributed by atoms with Crippen molar-refractivity contribution >= 4 is 11.6 Å². The Morgan fingerprint density at radius 2 is 2.20 bits per heavy atom. The first-order valence-electron chi connectivity index (χ1n) is 5.26. The third-order valence-electron chi connectivity index (χ3n) is 2.76. The van der Waals surface area contributed by atoms with E-state index in [1.807, 2.05) is 13.8 Å². The van der Waals surface area contributed by atoms with Crippen LogP contribution in [0.15, 0.2) is 6.07 Å². The molecule has 3 nitrogen and oxygen atoms in total. The zero-order valence-corrected chi connectivity index (χ0v) is 9.84. The largest absolute Gasteiger partial charge is 0.367 e. The van der Waals surface area contributed by atoms with Crippen molar-refractivity contribution in [3.05, 3.63) is 22.7 Å². The highest BCUT2D eigenvalue weighted by Crippen LogP contribution is 2.32. The average molecular weight is 227 g/mol. The predicted molar refractivity (Wildman–Crippen MR) is 58.9 cm³/mol. The van der Waals surface area contributed by atoms with Gasteiger partial charge >= 0.3 is 0 Å². The summed E-state index contributed by atoms with van der Waals surface area (Å²) in [7, 11) is 0. The number of hydrogen-bond donors (Lipinski definition) is 0. The number of rotatable bonds is 1. The molecule has 1 aromatic heterocycles. The van der Waals surface area contributed by atoms with E-state index in [9.17, 15) is 0 Å². The lowest BCUT2D eigenvalue weighted by molar-refractivity contribution is -0.0761. The van der Waals surface area contributed by atoms with Crippen LogP contribution in [0.5, 0.6) is 0 Å². The Labute approximate surface area is 94.8 Å².